The molecule has 1 aliphatic heterocycles. The number of aromatic hydroxyl groups is 1. The van der Waals surface area contributed by atoms with Crippen molar-refractivity contribution in [3.63, 3.8) is 0 Å². The summed E-state index contributed by atoms with van der Waals surface area (Å²) in [6.07, 6.45) is 1.56. The lowest BCUT2D eigenvalue weighted by atomic mass is 9.84. The van der Waals surface area contributed by atoms with Crippen LogP contribution in [0.1, 0.15) is 69.7 Å². The number of hydrogen-bond donors (Lipinski definition) is 2. The summed E-state index contributed by atoms with van der Waals surface area (Å²) in [5, 5.41) is 10.6. The molecule has 0 aromatic heterocycles. The number of benzene rings is 1. The molecule has 1 aliphatic rings. The van der Waals surface area contributed by atoms with Gasteiger partial charge in [0.2, 0.25) is 0 Å². The molecule has 0 spiro atoms. The van der Waals surface area contributed by atoms with Crippen molar-refractivity contribution in [1.82, 2.24) is 5.48 Å². The maximum absolute atomic E-state index is 10.6. The highest BCUT2D eigenvalue weighted by Gasteiger charge is 2.37. The van der Waals surface area contributed by atoms with Gasteiger partial charge in [0, 0.05) is 23.1 Å². The third kappa shape index (κ3) is 3.01. The van der Waals surface area contributed by atoms with Gasteiger partial charge in [-0.3, -0.25) is 0 Å². The molecule has 2 rings (SSSR count). The largest absolute Gasteiger partial charge is 0.507 e. The van der Waals surface area contributed by atoms with Crippen molar-refractivity contribution < 1.29 is 14.7 Å². The molecular formula is C17H27NO3. The van der Waals surface area contributed by atoms with E-state index in [1.807, 2.05) is 6.07 Å². The van der Waals surface area contributed by atoms with Gasteiger partial charge < -0.3 is 14.7 Å². The van der Waals surface area contributed by atoms with Gasteiger partial charge in [0.15, 0.2) is 0 Å². The summed E-state index contributed by atoms with van der Waals surface area (Å²) in [6.45, 7) is 10.4. The molecule has 0 fully saturated rings. The summed E-state index contributed by atoms with van der Waals surface area (Å²) in [6, 6.07) is 2.01. The second-order valence-corrected chi connectivity index (χ2v) is 6.65. The minimum atomic E-state index is -0.264. The Morgan fingerprint density at radius 3 is 2.67 bits per heavy atom. The number of phenolic OH excluding ortho intramolecular Hbond substituents is 1. The fourth-order valence-corrected chi connectivity index (χ4v) is 3.18. The van der Waals surface area contributed by atoms with E-state index in [9.17, 15) is 5.11 Å². The fourth-order valence-electron chi connectivity index (χ4n) is 3.18. The number of phenols is 1. The molecule has 0 aliphatic carbocycles. The number of ether oxygens (including phenoxy) is 1. The first-order valence-corrected chi connectivity index (χ1v) is 7.66. The Balaban J connectivity index is 2.64. The third-order valence-electron chi connectivity index (χ3n) is 4.10. The summed E-state index contributed by atoms with van der Waals surface area (Å²) < 4.78 is 6.18. The molecule has 0 saturated heterocycles. The van der Waals surface area contributed by atoms with Crippen molar-refractivity contribution >= 4 is 0 Å². The van der Waals surface area contributed by atoms with Crippen molar-refractivity contribution in [2.75, 3.05) is 7.11 Å². The van der Waals surface area contributed by atoms with Crippen LogP contribution < -0.4 is 10.2 Å². The van der Waals surface area contributed by atoms with Crippen LogP contribution in [0.5, 0.6) is 11.5 Å². The Hall–Kier alpha value is -1.26. The average molecular weight is 293 g/mol. The Morgan fingerprint density at radius 1 is 1.48 bits per heavy atom. The highest BCUT2D eigenvalue weighted by Crippen LogP contribution is 2.47. The molecule has 118 valence electrons. The van der Waals surface area contributed by atoms with E-state index in [-0.39, 0.29) is 17.6 Å². The fraction of sp³-hybridized carbons (Fsp3) is 0.647. The first kappa shape index (κ1) is 16.1. The van der Waals surface area contributed by atoms with Crippen molar-refractivity contribution in [2.24, 2.45) is 0 Å². The van der Waals surface area contributed by atoms with Crippen molar-refractivity contribution in [3.8, 4) is 11.5 Å². The summed E-state index contributed by atoms with van der Waals surface area (Å²) in [5.74, 6) is 1.51. The van der Waals surface area contributed by atoms with Gasteiger partial charge in [-0.15, -0.1) is 0 Å². The van der Waals surface area contributed by atoms with E-state index in [0.29, 0.717) is 5.75 Å². The molecule has 1 aromatic rings. The minimum Gasteiger partial charge on any atom is -0.507 e. The standard InChI is InChI=1S/C17H27NO3/c1-7-11-15-13(18-20-6)9-17(4,5)21-14(15)8-12(10(2)3)16(11)19/h8,10,13,18-19H,7,9H2,1-6H3. The lowest BCUT2D eigenvalue weighted by molar-refractivity contribution is 0.00236. The Bertz CT molecular complexity index is 523. The van der Waals surface area contributed by atoms with E-state index in [1.54, 1.807) is 7.11 Å². The van der Waals surface area contributed by atoms with Gasteiger partial charge in [-0.1, -0.05) is 20.8 Å². The number of hydrogen-bond acceptors (Lipinski definition) is 4. The summed E-state index contributed by atoms with van der Waals surface area (Å²) in [5.41, 5.74) is 5.72. The van der Waals surface area contributed by atoms with Crippen LogP contribution >= 0.6 is 0 Å². The van der Waals surface area contributed by atoms with E-state index < -0.39 is 0 Å². The predicted molar refractivity (Wildman–Crippen MR) is 83.8 cm³/mol. The maximum Gasteiger partial charge on any atom is 0.125 e. The van der Waals surface area contributed by atoms with Crippen LogP contribution in [-0.4, -0.2) is 17.8 Å². The second-order valence-electron chi connectivity index (χ2n) is 6.65. The van der Waals surface area contributed by atoms with Crippen LogP contribution in [0, 0.1) is 0 Å². The zero-order valence-electron chi connectivity index (χ0n) is 13.9. The number of fused-ring (bicyclic) bond motifs is 1. The van der Waals surface area contributed by atoms with Crippen LogP contribution in [0.15, 0.2) is 6.07 Å². The van der Waals surface area contributed by atoms with E-state index in [0.717, 1.165) is 35.3 Å². The van der Waals surface area contributed by atoms with Gasteiger partial charge in [-0.25, -0.2) is 0 Å². The van der Waals surface area contributed by atoms with Gasteiger partial charge in [-0.05, 0) is 32.3 Å². The van der Waals surface area contributed by atoms with Crippen LogP contribution in [0.4, 0.5) is 0 Å². The molecular weight excluding hydrogens is 266 g/mol. The number of hydroxylamine groups is 1. The molecule has 0 saturated carbocycles. The molecule has 1 atom stereocenters. The van der Waals surface area contributed by atoms with Crippen molar-refractivity contribution in [2.45, 2.75) is 65.0 Å². The molecule has 21 heavy (non-hydrogen) atoms. The lowest BCUT2D eigenvalue weighted by Gasteiger charge is -2.39. The van der Waals surface area contributed by atoms with Gasteiger partial charge in [0.25, 0.3) is 0 Å². The molecule has 2 N–H and O–H groups in total. The molecule has 1 aromatic carbocycles. The Labute approximate surface area is 127 Å². The quantitative estimate of drug-likeness (QED) is 0.828. The van der Waals surface area contributed by atoms with E-state index in [4.69, 9.17) is 9.57 Å². The van der Waals surface area contributed by atoms with Crippen LogP contribution in [0.25, 0.3) is 0 Å². The van der Waals surface area contributed by atoms with E-state index in [1.165, 1.54) is 0 Å². The Morgan fingerprint density at radius 2 is 2.14 bits per heavy atom. The van der Waals surface area contributed by atoms with E-state index in [2.05, 4.69) is 40.1 Å². The highest BCUT2D eigenvalue weighted by molar-refractivity contribution is 5.56. The molecule has 0 amide bonds. The van der Waals surface area contributed by atoms with Crippen LogP contribution in [0.3, 0.4) is 0 Å². The minimum absolute atomic E-state index is 0.0239. The summed E-state index contributed by atoms with van der Waals surface area (Å²) >= 11 is 0. The summed E-state index contributed by atoms with van der Waals surface area (Å²) in [7, 11) is 1.62. The second kappa shape index (κ2) is 5.85. The first-order valence-electron chi connectivity index (χ1n) is 7.66. The first-order chi connectivity index (χ1) is 9.80. The monoisotopic (exact) mass is 293 g/mol. The van der Waals surface area contributed by atoms with Gasteiger partial charge in [-0.2, -0.15) is 5.48 Å². The topological polar surface area (TPSA) is 50.7 Å². The van der Waals surface area contributed by atoms with Gasteiger partial charge in [0.1, 0.15) is 17.1 Å². The highest BCUT2D eigenvalue weighted by atomic mass is 16.6. The third-order valence-corrected chi connectivity index (χ3v) is 4.10. The Kier molecular flexibility index (Phi) is 4.49. The van der Waals surface area contributed by atoms with Crippen LogP contribution in [-0.2, 0) is 11.3 Å². The average Bonchev–Trinajstić information content (AvgIpc) is 2.37. The molecule has 4 nitrogen and oxygen atoms in total. The van der Waals surface area contributed by atoms with Crippen LogP contribution in [0.2, 0.25) is 0 Å². The lowest BCUT2D eigenvalue weighted by Crippen LogP contribution is -2.40. The molecule has 0 bridgehead atoms. The summed E-state index contributed by atoms with van der Waals surface area (Å²) in [4.78, 5) is 5.16. The zero-order chi connectivity index (χ0) is 15.8. The van der Waals surface area contributed by atoms with Gasteiger partial charge in [0.05, 0.1) is 13.2 Å². The number of rotatable bonds is 4. The molecule has 1 unspecified atom stereocenters. The van der Waals surface area contributed by atoms with Crippen molar-refractivity contribution in [1.29, 1.82) is 0 Å². The maximum atomic E-state index is 10.6. The predicted octanol–water partition coefficient (Wildman–Crippen LogP) is 3.83. The SMILES string of the molecule is CCc1c(O)c(C(C)C)cc2c1C(NOC)CC(C)(C)O2. The molecule has 4 heteroatoms. The molecule has 1 heterocycles. The number of nitrogens with one attached hydrogen (secondary N) is 1. The smallest absolute Gasteiger partial charge is 0.125 e. The normalized spacial score (nSPS) is 20.2. The van der Waals surface area contributed by atoms with E-state index >= 15 is 0 Å². The van der Waals surface area contributed by atoms with Crippen molar-refractivity contribution in [3.05, 3.63) is 22.8 Å². The molecule has 0 radical (unpaired) electrons. The zero-order valence-corrected chi connectivity index (χ0v) is 13.9. The van der Waals surface area contributed by atoms with Gasteiger partial charge >= 0.3 is 0 Å².